The summed E-state index contributed by atoms with van der Waals surface area (Å²) in [5.74, 6) is 0. The summed E-state index contributed by atoms with van der Waals surface area (Å²) in [4.78, 5) is 0. The molecule has 0 atom stereocenters. The summed E-state index contributed by atoms with van der Waals surface area (Å²) in [5.41, 5.74) is 0. The van der Waals surface area contributed by atoms with Crippen LogP contribution in [0.2, 0.25) is 0 Å². The first-order valence-electron chi connectivity index (χ1n) is 4.08. The van der Waals surface area contributed by atoms with E-state index in [4.69, 9.17) is 16.3 Å². The van der Waals surface area contributed by atoms with Crippen LogP contribution in [-0.2, 0) is 4.74 Å². The van der Waals surface area contributed by atoms with Gasteiger partial charge in [-0.05, 0) is 19.3 Å². The Bertz CT molecular complexity index is 89.3. The van der Waals surface area contributed by atoms with E-state index in [1.807, 2.05) is 0 Å². The molecule has 0 aromatic heterocycles. The molecule has 1 saturated carbocycles. The molecule has 1 nitrogen and oxygen atoms in total. The van der Waals surface area contributed by atoms with Gasteiger partial charge in [-0.25, -0.2) is 0 Å². The van der Waals surface area contributed by atoms with E-state index in [0.29, 0.717) is 11.5 Å². The second-order valence-electron chi connectivity index (χ2n) is 2.92. The van der Waals surface area contributed by atoms with Gasteiger partial charge < -0.3 is 4.74 Å². The molecule has 1 aliphatic carbocycles. The quantitative estimate of drug-likeness (QED) is 0.456. The molecule has 0 aliphatic heterocycles. The predicted molar refractivity (Wildman–Crippen MR) is 43.5 cm³/mol. The van der Waals surface area contributed by atoms with Crippen LogP contribution in [0.4, 0.5) is 0 Å². The van der Waals surface area contributed by atoms with Gasteiger partial charge in [0.2, 0.25) is 0 Å². The Labute approximate surface area is 67.7 Å². The summed E-state index contributed by atoms with van der Waals surface area (Å²) < 4.78 is 5.50. The molecule has 0 spiro atoms. The number of unbranched alkanes of at least 4 members (excludes halogenated alkanes) is 1. The Balaban J connectivity index is 1.86. The highest BCUT2D eigenvalue weighted by Crippen LogP contribution is 2.28. The Kier molecular flexibility index (Phi) is 3.50. The number of alkyl halides is 1. The molecule has 0 heterocycles. The molecule has 10 heavy (non-hydrogen) atoms. The summed E-state index contributed by atoms with van der Waals surface area (Å²) in [6, 6.07) is 0. The number of halogens is 1. The minimum atomic E-state index is 0.395. The summed E-state index contributed by atoms with van der Waals surface area (Å²) in [7, 11) is 0. The monoisotopic (exact) mass is 162 g/mol. The molecule has 0 unspecified atom stereocenters. The number of ether oxygens (including phenoxy) is 1. The number of rotatable bonds is 4. The van der Waals surface area contributed by atoms with Crippen molar-refractivity contribution in [3.63, 3.8) is 0 Å². The van der Waals surface area contributed by atoms with Gasteiger partial charge in [0.15, 0.2) is 0 Å². The summed E-state index contributed by atoms with van der Waals surface area (Å²) in [6.45, 7) is 3.10. The van der Waals surface area contributed by atoms with Crippen LogP contribution < -0.4 is 0 Å². The van der Waals surface area contributed by atoms with Gasteiger partial charge in [-0.1, -0.05) is 13.3 Å². The lowest BCUT2D eigenvalue weighted by Gasteiger charge is -2.30. The molecule has 0 saturated heterocycles. The first-order valence-corrected chi connectivity index (χ1v) is 4.52. The molecule has 0 aromatic carbocycles. The normalized spacial score (nSPS) is 31.8. The fourth-order valence-electron chi connectivity index (χ4n) is 1.03. The molecule has 2 heteroatoms. The second kappa shape index (κ2) is 4.20. The van der Waals surface area contributed by atoms with Gasteiger partial charge >= 0.3 is 0 Å². The SMILES string of the molecule is CCCCO[C@H]1C[C@@H](Cl)C1. The van der Waals surface area contributed by atoms with Crippen molar-refractivity contribution in [1.29, 1.82) is 0 Å². The highest BCUT2D eigenvalue weighted by Gasteiger charge is 2.27. The maximum Gasteiger partial charge on any atom is 0.0603 e. The highest BCUT2D eigenvalue weighted by atomic mass is 35.5. The van der Waals surface area contributed by atoms with Crippen molar-refractivity contribution in [2.24, 2.45) is 0 Å². The summed E-state index contributed by atoms with van der Waals surface area (Å²) in [6.07, 6.45) is 5.01. The van der Waals surface area contributed by atoms with E-state index < -0.39 is 0 Å². The van der Waals surface area contributed by atoms with Crippen molar-refractivity contribution in [3.05, 3.63) is 0 Å². The Hall–Kier alpha value is 0.250. The van der Waals surface area contributed by atoms with Crippen molar-refractivity contribution >= 4 is 11.6 Å². The molecule has 0 amide bonds. The molecular formula is C8H15ClO. The van der Waals surface area contributed by atoms with Crippen LogP contribution in [0.3, 0.4) is 0 Å². The second-order valence-corrected chi connectivity index (χ2v) is 3.53. The van der Waals surface area contributed by atoms with E-state index in [0.717, 1.165) is 19.4 Å². The van der Waals surface area contributed by atoms with Gasteiger partial charge in [-0.3, -0.25) is 0 Å². The van der Waals surface area contributed by atoms with Crippen LogP contribution in [0.25, 0.3) is 0 Å². The summed E-state index contributed by atoms with van der Waals surface area (Å²) in [5, 5.41) is 0.395. The zero-order chi connectivity index (χ0) is 7.40. The van der Waals surface area contributed by atoms with E-state index >= 15 is 0 Å². The van der Waals surface area contributed by atoms with Crippen molar-refractivity contribution in [1.82, 2.24) is 0 Å². The van der Waals surface area contributed by atoms with Crippen molar-refractivity contribution in [2.75, 3.05) is 6.61 Å². The third-order valence-electron chi connectivity index (χ3n) is 1.89. The first-order chi connectivity index (χ1) is 4.83. The predicted octanol–water partition coefficient (Wildman–Crippen LogP) is 2.57. The molecule has 0 bridgehead atoms. The van der Waals surface area contributed by atoms with Crippen LogP contribution in [0.15, 0.2) is 0 Å². The lowest BCUT2D eigenvalue weighted by molar-refractivity contribution is 0.00367. The molecule has 0 aromatic rings. The van der Waals surface area contributed by atoms with Crippen molar-refractivity contribution in [3.8, 4) is 0 Å². The van der Waals surface area contributed by atoms with Gasteiger partial charge in [0.05, 0.1) is 6.10 Å². The third kappa shape index (κ3) is 2.47. The van der Waals surface area contributed by atoms with Crippen molar-refractivity contribution in [2.45, 2.75) is 44.1 Å². The van der Waals surface area contributed by atoms with E-state index in [-0.39, 0.29) is 0 Å². The number of hydrogen-bond donors (Lipinski definition) is 0. The van der Waals surface area contributed by atoms with Crippen molar-refractivity contribution < 1.29 is 4.74 Å². The average molecular weight is 163 g/mol. The van der Waals surface area contributed by atoms with E-state index in [1.165, 1.54) is 12.8 Å². The zero-order valence-corrected chi connectivity index (χ0v) is 7.23. The molecule has 60 valence electrons. The third-order valence-corrected chi connectivity index (χ3v) is 2.25. The standard InChI is InChI=1S/C8H15ClO/c1-2-3-4-10-8-5-7(9)6-8/h7-8H,2-6H2,1H3/t7-,8+. The summed E-state index contributed by atoms with van der Waals surface area (Å²) >= 11 is 5.78. The van der Waals surface area contributed by atoms with Crippen LogP contribution in [0, 0.1) is 0 Å². The molecule has 1 fully saturated rings. The minimum Gasteiger partial charge on any atom is -0.378 e. The Morgan fingerprint density at radius 2 is 2.20 bits per heavy atom. The molecule has 1 aliphatic rings. The fourth-order valence-corrected chi connectivity index (χ4v) is 1.43. The largest absolute Gasteiger partial charge is 0.378 e. The smallest absolute Gasteiger partial charge is 0.0603 e. The van der Waals surface area contributed by atoms with E-state index in [1.54, 1.807) is 0 Å². The van der Waals surface area contributed by atoms with Gasteiger partial charge in [0.1, 0.15) is 0 Å². The minimum absolute atomic E-state index is 0.395. The van der Waals surface area contributed by atoms with Crippen LogP contribution in [0.1, 0.15) is 32.6 Å². The average Bonchev–Trinajstić information content (AvgIpc) is 1.85. The molecule has 1 rings (SSSR count). The lowest BCUT2D eigenvalue weighted by atomic mass is 9.95. The van der Waals surface area contributed by atoms with Gasteiger partial charge in [0.25, 0.3) is 0 Å². The van der Waals surface area contributed by atoms with E-state index in [9.17, 15) is 0 Å². The van der Waals surface area contributed by atoms with Gasteiger partial charge in [-0.2, -0.15) is 0 Å². The van der Waals surface area contributed by atoms with E-state index in [2.05, 4.69) is 6.92 Å². The molecular weight excluding hydrogens is 148 g/mol. The Morgan fingerprint density at radius 3 is 2.70 bits per heavy atom. The molecule has 0 N–H and O–H groups in total. The maximum absolute atomic E-state index is 5.78. The maximum atomic E-state index is 5.78. The molecule has 0 radical (unpaired) electrons. The number of hydrogen-bond acceptors (Lipinski definition) is 1. The van der Waals surface area contributed by atoms with Gasteiger partial charge in [-0.15, -0.1) is 11.6 Å². The van der Waals surface area contributed by atoms with Crippen LogP contribution >= 0.6 is 11.6 Å². The van der Waals surface area contributed by atoms with Gasteiger partial charge in [0, 0.05) is 12.0 Å². The fraction of sp³-hybridized carbons (Fsp3) is 1.00. The lowest BCUT2D eigenvalue weighted by Crippen LogP contribution is -2.32. The Morgan fingerprint density at radius 1 is 1.50 bits per heavy atom. The first kappa shape index (κ1) is 8.35. The highest BCUT2D eigenvalue weighted by molar-refractivity contribution is 6.21. The van der Waals surface area contributed by atoms with Crippen LogP contribution in [0.5, 0.6) is 0 Å². The zero-order valence-electron chi connectivity index (χ0n) is 6.48. The van der Waals surface area contributed by atoms with Crippen LogP contribution in [-0.4, -0.2) is 18.1 Å². The topological polar surface area (TPSA) is 9.23 Å².